The van der Waals surface area contributed by atoms with Crippen molar-refractivity contribution < 1.29 is 4.79 Å². The first-order chi connectivity index (χ1) is 5.38. The highest BCUT2D eigenvalue weighted by Gasteiger charge is 2.15. The van der Waals surface area contributed by atoms with E-state index in [1.807, 2.05) is 11.4 Å². The van der Waals surface area contributed by atoms with Crippen molar-refractivity contribution in [2.24, 2.45) is 0 Å². The zero-order valence-corrected chi connectivity index (χ0v) is 6.91. The first-order valence-electron chi connectivity index (χ1n) is 3.68. The molecule has 0 saturated carbocycles. The van der Waals surface area contributed by atoms with E-state index in [4.69, 9.17) is 0 Å². The van der Waals surface area contributed by atoms with Crippen LogP contribution < -0.4 is 5.32 Å². The van der Waals surface area contributed by atoms with Gasteiger partial charge in [0, 0.05) is 0 Å². The van der Waals surface area contributed by atoms with Crippen LogP contribution in [-0.2, 0) is 6.42 Å². The highest BCUT2D eigenvalue weighted by Crippen LogP contribution is 2.18. The normalized spacial score (nSPS) is 17.6. The van der Waals surface area contributed by atoms with Gasteiger partial charge in [-0.05, 0) is 30.0 Å². The molecular weight excluding hydrogens is 158 g/mol. The fraction of sp³-hybridized carbons (Fsp3) is 0.375. The van der Waals surface area contributed by atoms with Gasteiger partial charge in [0.2, 0.25) is 0 Å². The fourth-order valence-electron chi connectivity index (χ4n) is 1.28. The average molecular weight is 167 g/mol. The third kappa shape index (κ3) is 1.21. The van der Waals surface area contributed by atoms with Crippen molar-refractivity contribution in [3.63, 3.8) is 0 Å². The van der Waals surface area contributed by atoms with E-state index < -0.39 is 0 Å². The summed E-state index contributed by atoms with van der Waals surface area (Å²) in [5.74, 6) is 0.243. The minimum absolute atomic E-state index is 0.243. The monoisotopic (exact) mass is 167 g/mol. The van der Waals surface area contributed by atoms with Crippen LogP contribution in [0, 0.1) is 0 Å². The van der Waals surface area contributed by atoms with Crippen molar-refractivity contribution in [3.05, 3.63) is 21.9 Å². The Morgan fingerprint density at radius 2 is 2.45 bits per heavy atom. The first kappa shape index (κ1) is 7.00. The minimum atomic E-state index is 0.243. The molecule has 0 bridgehead atoms. The zero-order chi connectivity index (χ0) is 7.68. The summed E-state index contributed by atoms with van der Waals surface area (Å²) in [5.41, 5.74) is 1.21. The summed E-state index contributed by atoms with van der Waals surface area (Å²) in [7, 11) is 0. The van der Waals surface area contributed by atoms with Crippen LogP contribution in [-0.4, -0.2) is 18.9 Å². The summed E-state index contributed by atoms with van der Waals surface area (Å²) < 4.78 is 0. The molecule has 0 saturated heterocycles. The Morgan fingerprint density at radius 1 is 1.55 bits per heavy atom. The lowest BCUT2D eigenvalue weighted by molar-refractivity contribution is 0.0997. The lowest BCUT2D eigenvalue weighted by Crippen LogP contribution is -2.20. The summed E-state index contributed by atoms with van der Waals surface area (Å²) in [4.78, 5) is 12.3. The highest BCUT2D eigenvalue weighted by atomic mass is 32.1. The Kier molecular flexibility index (Phi) is 1.75. The Hall–Kier alpha value is -0.670. The predicted octanol–water partition coefficient (Wildman–Crippen LogP) is 1.08. The number of carbonyl (C=O) groups is 1. The van der Waals surface area contributed by atoms with E-state index in [1.54, 1.807) is 11.3 Å². The van der Waals surface area contributed by atoms with Crippen molar-refractivity contribution in [2.75, 3.05) is 13.1 Å². The Labute approximate surface area is 69.2 Å². The molecule has 0 aliphatic carbocycles. The molecule has 1 aromatic heterocycles. The molecule has 1 aliphatic heterocycles. The van der Waals surface area contributed by atoms with E-state index in [0.717, 1.165) is 17.8 Å². The lowest BCUT2D eigenvalue weighted by atomic mass is 10.2. The fourth-order valence-corrected chi connectivity index (χ4v) is 2.18. The second-order valence-corrected chi connectivity index (χ2v) is 3.54. The average Bonchev–Trinajstić information content (AvgIpc) is 2.40. The van der Waals surface area contributed by atoms with Gasteiger partial charge in [-0.25, -0.2) is 0 Å². The van der Waals surface area contributed by atoms with E-state index in [0.29, 0.717) is 6.54 Å². The summed E-state index contributed by atoms with van der Waals surface area (Å²) in [6, 6.07) is 2.05. The molecule has 2 nitrogen and oxygen atoms in total. The van der Waals surface area contributed by atoms with E-state index in [9.17, 15) is 4.79 Å². The number of hydrogen-bond donors (Lipinski definition) is 1. The molecule has 1 aromatic rings. The molecule has 58 valence electrons. The maximum atomic E-state index is 11.3. The van der Waals surface area contributed by atoms with Crippen molar-refractivity contribution in [3.8, 4) is 0 Å². The molecule has 2 rings (SSSR count). The van der Waals surface area contributed by atoms with Crippen LogP contribution in [0.4, 0.5) is 0 Å². The molecule has 0 radical (unpaired) electrons. The Bertz CT molecular complexity index is 279. The van der Waals surface area contributed by atoms with Gasteiger partial charge in [-0.2, -0.15) is 0 Å². The topological polar surface area (TPSA) is 29.1 Å². The zero-order valence-electron chi connectivity index (χ0n) is 6.09. The van der Waals surface area contributed by atoms with Crippen molar-refractivity contribution in [1.29, 1.82) is 0 Å². The number of Topliss-reactive ketones (excluding diaryl/α,β-unsaturated/α-hetero) is 1. The number of ketones is 1. The Morgan fingerprint density at radius 3 is 3.36 bits per heavy atom. The van der Waals surface area contributed by atoms with Crippen LogP contribution in [0.3, 0.4) is 0 Å². The number of fused-ring (bicyclic) bond motifs is 1. The third-order valence-electron chi connectivity index (χ3n) is 1.86. The molecule has 0 atom stereocenters. The standard InChI is InChI=1S/C8H9NOS/c10-7-5-9-3-1-6-2-4-11-8(6)7/h2,4,9H,1,3,5H2. The van der Waals surface area contributed by atoms with Crippen LogP contribution in [0.5, 0.6) is 0 Å². The van der Waals surface area contributed by atoms with Crippen LogP contribution >= 0.6 is 11.3 Å². The van der Waals surface area contributed by atoms with Crippen molar-refractivity contribution in [2.45, 2.75) is 6.42 Å². The van der Waals surface area contributed by atoms with E-state index >= 15 is 0 Å². The van der Waals surface area contributed by atoms with Crippen molar-refractivity contribution in [1.82, 2.24) is 5.32 Å². The molecule has 0 aromatic carbocycles. The second-order valence-electron chi connectivity index (χ2n) is 2.62. The smallest absolute Gasteiger partial charge is 0.186 e. The maximum Gasteiger partial charge on any atom is 0.186 e. The van der Waals surface area contributed by atoms with Gasteiger partial charge in [-0.3, -0.25) is 4.79 Å². The summed E-state index contributed by atoms with van der Waals surface area (Å²) in [6.45, 7) is 1.43. The number of hydrogen-bond acceptors (Lipinski definition) is 3. The van der Waals surface area contributed by atoms with Gasteiger partial charge in [-0.15, -0.1) is 11.3 Å². The number of thiophene rings is 1. The quantitative estimate of drug-likeness (QED) is 0.626. The predicted molar refractivity (Wildman–Crippen MR) is 45.2 cm³/mol. The second kappa shape index (κ2) is 2.75. The molecule has 0 unspecified atom stereocenters. The van der Waals surface area contributed by atoms with Crippen LogP contribution in [0.15, 0.2) is 11.4 Å². The van der Waals surface area contributed by atoms with Crippen molar-refractivity contribution >= 4 is 17.1 Å². The lowest BCUT2D eigenvalue weighted by Gasteiger charge is -1.92. The van der Waals surface area contributed by atoms with Crippen LogP contribution in [0.1, 0.15) is 15.2 Å². The maximum absolute atomic E-state index is 11.3. The van der Waals surface area contributed by atoms with Gasteiger partial charge >= 0.3 is 0 Å². The highest BCUT2D eigenvalue weighted by molar-refractivity contribution is 7.12. The molecule has 2 heterocycles. The molecular formula is C8H9NOS. The third-order valence-corrected chi connectivity index (χ3v) is 2.85. The molecule has 0 spiro atoms. The van der Waals surface area contributed by atoms with Gasteiger partial charge in [0.15, 0.2) is 5.78 Å². The van der Waals surface area contributed by atoms with Gasteiger partial charge in [-0.1, -0.05) is 0 Å². The summed E-state index contributed by atoms with van der Waals surface area (Å²) in [5, 5.41) is 5.08. The number of nitrogens with one attached hydrogen (secondary N) is 1. The Balaban J connectivity index is 2.41. The van der Waals surface area contributed by atoms with Gasteiger partial charge < -0.3 is 5.32 Å². The van der Waals surface area contributed by atoms with Gasteiger partial charge in [0.05, 0.1) is 11.4 Å². The van der Waals surface area contributed by atoms with E-state index in [2.05, 4.69) is 5.32 Å². The summed E-state index contributed by atoms with van der Waals surface area (Å²) in [6.07, 6.45) is 0.991. The summed E-state index contributed by atoms with van der Waals surface area (Å²) >= 11 is 1.56. The molecule has 11 heavy (non-hydrogen) atoms. The SMILES string of the molecule is O=C1CNCCc2ccsc21. The van der Waals surface area contributed by atoms with Crippen LogP contribution in [0.25, 0.3) is 0 Å². The minimum Gasteiger partial charge on any atom is -0.309 e. The van der Waals surface area contributed by atoms with E-state index in [1.165, 1.54) is 5.56 Å². The number of carbonyl (C=O) groups excluding carboxylic acids is 1. The first-order valence-corrected chi connectivity index (χ1v) is 4.56. The largest absolute Gasteiger partial charge is 0.309 e. The van der Waals surface area contributed by atoms with Gasteiger partial charge in [0.1, 0.15) is 0 Å². The van der Waals surface area contributed by atoms with Crippen LogP contribution in [0.2, 0.25) is 0 Å². The number of rotatable bonds is 0. The molecule has 0 amide bonds. The van der Waals surface area contributed by atoms with Gasteiger partial charge in [0.25, 0.3) is 0 Å². The van der Waals surface area contributed by atoms with E-state index in [-0.39, 0.29) is 5.78 Å². The molecule has 1 aliphatic rings. The molecule has 3 heteroatoms. The molecule has 0 fully saturated rings. The molecule has 1 N–H and O–H groups in total.